The Morgan fingerprint density at radius 1 is 1.44 bits per heavy atom. The Bertz CT molecular complexity index is 580. The Hall–Kier alpha value is -1.20. The van der Waals surface area contributed by atoms with Gasteiger partial charge in [0.05, 0.1) is 4.88 Å². The van der Waals surface area contributed by atoms with Crippen LogP contribution < -0.4 is 4.74 Å². The first-order chi connectivity index (χ1) is 8.59. The zero-order chi connectivity index (χ0) is 13.1. The van der Waals surface area contributed by atoms with Crippen molar-refractivity contribution < 1.29 is 13.9 Å². The van der Waals surface area contributed by atoms with Gasteiger partial charge < -0.3 is 4.74 Å². The molecule has 0 unspecified atom stereocenters. The fourth-order valence-corrected chi connectivity index (χ4v) is 2.95. The van der Waals surface area contributed by atoms with E-state index in [2.05, 4.69) is 15.9 Å². The molecule has 1 aromatic heterocycles. The average molecular weight is 329 g/mol. The van der Waals surface area contributed by atoms with Gasteiger partial charge in [0.1, 0.15) is 0 Å². The lowest BCUT2D eigenvalue weighted by atomic mass is 10.2. The molecule has 2 aromatic rings. The summed E-state index contributed by atoms with van der Waals surface area (Å²) < 4.78 is 19.6. The van der Waals surface area contributed by atoms with Crippen LogP contribution in [0.4, 0.5) is 4.39 Å². The number of aryl methyl sites for hydroxylation is 1. The first-order valence-electron chi connectivity index (χ1n) is 5.23. The average Bonchev–Trinajstić information content (AvgIpc) is 2.77. The molecule has 0 saturated carbocycles. The quantitative estimate of drug-likeness (QED) is 0.785. The second-order valence-corrected chi connectivity index (χ2v) is 5.47. The summed E-state index contributed by atoms with van der Waals surface area (Å²) in [5.41, 5.74) is 0.497. The van der Waals surface area contributed by atoms with Crippen LogP contribution in [0.1, 0.15) is 15.2 Å². The van der Waals surface area contributed by atoms with Gasteiger partial charge in [0.25, 0.3) is 0 Å². The highest BCUT2D eigenvalue weighted by Gasteiger charge is 2.14. The summed E-state index contributed by atoms with van der Waals surface area (Å²) in [7, 11) is 0. The highest BCUT2D eigenvalue weighted by Crippen LogP contribution is 2.24. The fraction of sp³-hybridized carbons (Fsp3) is 0.154. The molecule has 5 heteroatoms. The van der Waals surface area contributed by atoms with E-state index in [1.807, 2.05) is 5.38 Å². The van der Waals surface area contributed by atoms with E-state index in [-0.39, 0.29) is 18.1 Å². The van der Waals surface area contributed by atoms with E-state index >= 15 is 0 Å². The summed E-state index contributed by atoms with van der Waals surface area (Å²) in [6, 6.07) is 6.66. The molecular weight excluding hydrogens is 319 g/mol. The van der Waals surface area contributed by atoms with Gasteiger partial charge in [-0.05, 0) is 45.9 Å². The molecule has 2 rings (SSSR count). The highest BCUT2D eigenvalue weighted by molar-refractivity contribution is 9.10. The van der Waals surface area contributed by atoms with Crippen LogP contribution in [0.5, 0.6) is 5.75 Å². The topological polar surface area (TPSA) is 26.3 Å². The van der Waals surface area contributed by atoms with Gasteiger partial charge in [-0.1, -0.05) is 12.1 Å². The molecule has 0 aliphatic heterocycles. The first kappa shape index (κ1) is 13.2. The van der Waals surface area contributed by atoms with E-state index < -0.39 is 5.82 Å². The zero-order valence-electron chi connectivity index (χ0n) is 9.57. The second-order valence-electron chi connectivity index (χ2n) is 3.70. The lowest BCUT2D eigenvalue weighted by Crippen LogP contribution is -2.11. The molecule has 0 saturated heterocycles. The monoisotopic (exact) mass is 328 g/mol. The van der Waals surface area contributed by atoms with E-state index in [1.54, 1.807) is 25.1 Å². The molecule has 94 valence electrons. The van der Waals surface area contributed by atoms with Crippen LogP contribution >= 0.6 is 27.3 Å². The number of carbonyl (C=O) groups excluding carboxylic acids is 1. The van der Waals surface area contributed by atoms with E-state index in [1.165, 1.54) is 17.4 Å². The number of rotatable bonds is 4. The van der Waals surface area contributed by atoms with Crippen LogP contribution in [-0.2, 0) is 0 Å². The Kier molecular flexibility index (Phi) is 4.14. The van der Waals surface area contributed by atoms with E-state index in [9.17, 15) is 9.18 Å². The molecule has 0 aliphatic rings. The van der Waals surface area contributed by atoms with Gasteiger partial charge in [0.2, 0.25) is 5.78 Å². The molecule has 1 aromatic carbocycles. The maximum Gasteiger partial charge on any atom is 0.211 e. The van der Waals surface area contributed by atoms with Crippen LogP contribution in [-0.4, -0.2) is 12.4 Å². The van der Waals surface area contributed by atoms with Gasteiger partial charge in [-0.3, -0.25) is 4.79 Å². The maximum absolute atomic E-state index is 13.6. The first-order valence-corrected chi connectivity index (χ1v) is 6.91. The maximum atomic E-state index is 13.6. The van der Waals surface area contributed by atoms with Crippen molar-refractivity contribution in [2.24, 2.45) is 0 Å². The number of thiophene rings is 1. The number of ether oxygens (including phenoxy) is 1. The van der Waals surface area contributed by atoms with Crippen molar-refractivity contribution in [3.8, 4) is 5.75 Å². The predicted molar refractivity (Wildman–Crippen MR) is 73.0 cm³/mol. The Morgan fingerprint density at radius 3 is 2.89 bits per heavy atom. The number of carbonyl (C=O) groups is 1. The molecule has 0 amide bonds. The molecular formula is C13H10BrFO2S. The van der Waals surface area contributed by atoms with E-state index in [0.717, 1.165) is 4.47 Å². The summed E-state index contributed by atoms with van der Waals surface area (Å²) >= 11 is 4.61. The summed E-state index contributed by atoms with van der Waals surface area (Å²) in [5, 5.41) is 1.81. The van der Waals surface area contributed by atoms with Crippen molar-refractivity contribution in [2.45, 2.75) is 6.92 Å². The third kappa shape index (κ3) is 2.79. The molecule has 0 radical (unpaired) electrons. The van der Waals surface area contributed by atoms with Gasteiger partial charge in [-0.2, -0.15) is 0 Å². The molecule has 2 nitrogen and oxygen atoms in total. The van der Waals surface area contributed by atoms with Crippen molar-refractivity contribution in [1.82, 2.24) is 0 Å². The van der Waals surface area contributed by atoms with Gasteiger partial charge in [-0.15, -0.1) is 11.3 Å². The summed E-state index contributed by atoms with van der Waals surface area (Å²) in [6.45, 7) is 1.49. The SMILES string of the molecule is Cc1cccc(OCC(=O)c2sccc2Br)c1F. The standard InChI is InChI=1S/C13H10BrFO2S/c1-8-3-2-4-11(12(8)15)17-7-10(16)13-9(14)5-6-18-13/h2-6H,7H2,1H3. The lowest BCUT2D eigenvalue weighted by molar-refractivity contribution is 0.0922. The molecule has 0 atom stereocenters. The van der Waals surface area contributed by atoms with Gasteiger partial charge in [-0.25, -0.2) is 4.39 Å². The smallest absolute Gasteiger partial charge is 0.211 e. The second kappa shape index (κ2) is 5.63. The fourth-order valence-electron chi connectivity index (χ4n) is 1.43. The Balaban J connectivity index is 2.06. The van der Waals surface area contributed by atoms with Crippen LogP contribution in [0.3, 0.4) is 0 Å². The van der Waals surface area contributed by atoms with Crippen LogP contribution in [0.2, 0.25) is 0 Å². The molecule has 0 aliphatic carbocycles. The summed E-state index contributed by atoms with van der Waals surface area (Å²) in [5.74, 6) is -0.482. The molecule has 0 fully saturated rings. The van der Waals surface area contributed by atoms with Crippen LogP contribution in [0.25, 0.3) is 0 Å². The van der Waals surface area contributed by atoms with Crippen LogP contribution in [0.15, 0.2) is 34.1 Å². The Labute approximate surface area is 117 Å². The largest absolute Gasteiger partial charge is 0.482 e. The minimum absolute atomic E-state index is 0.107. The number of Topliss-reactive ketones (excluding diaryl/α,β-unsaturated/α-hetero) is 1. The molecule has 0 bridgehead atoms. The molecule has 18 heavy (non-hydrogen) atoms. The summed E-state index contributed by atoms with van der Waals surface area (Å²) in [4.78, 5) is 12.4. The third-order valence-corrected chi connectivity index (χ3v) is 4.26. The van der Waals surface area contributed by atoms with E-state index in [0.29, 0.717) is 10.4 Å². The normalized spacial score (nSPS) is 10.4. The number of halogens is 2. The number of benzene rings is 1. The van der Waals surface area contributed by atoms with Crippen molar-refractivity contribution in [2.75, 3.05) is 6.61 Å². The third-order valence-electron chi connectivity index (χ3n) is 2.39. The molecule has 0 spiro atoms. The molecule has 0 N–H and O–H groups in total. The van der Waals surface area contributed by atoms with Crippen molar-refractivity contribution >= 4 is 33.0 Å². The predicted octanol–water partition coefficient (Wildman–Crippen LogP) is 4.22. The van der Waals surface area contributed by atoms with Crippen molar-refractivity contribution in [1.29, 1.82) is 0 Å². The Morgan fingerprint density at radius 2 is 2.22 bits per heavy atom. The minimum atomic E-state index is -0.421. The van der Waals surface area contributed by atoms with Gasteiger partial charge in [0.15, 0.2) is 18.2 Å². The number of ketones is 1. The van der Waals surface area contributed by atoms with Crippen molar-refractivity contribution in [3.05, 3.63) is 50.4 Å². The zero-order valence-corrected chi connectivity index (χ0v) is 12.0. The number of hydrogen-bond donors (Lipinski definition) is 0. The van der Waals surface area contributed by atoms with Gasteiger partial charge in [0, 0.05) is 4.47 Å². The van der Waals surface area contributed by atoms with E-state index in [4.69, 9.17) is 4.74 Å². The van der Waals surface area contributed by atoms with Crippen molar-refractivity contribution in [3.63, 3.8) is 0 Å². The molecule has 1 heterocycles. The highest BCUT2D eigenvalue weighted by atomic mass is 79.9. The van der Waals surface area contributed by atoms with Crippen LogP contribution in [0, 0.1) is 12.7 Å². The number of hydrogen-bond acceptors (Lipinski definition) is 3. The minimum Gasteiger partial charge on any atom is -0.482 e. The summed E-state index contributed by atoms with van der Waals surface area (Å²) in [6.07, 6.45) is 0. The van der Waals surface area contributed by atoms with Gasteiger partial charge >= 0.3 is 0 Å². The lowest BCUT2D eigenvalue weighted by Gasteiger charge is -2.07.